The molecule has 4 nitrogen and oxygen atoms in total. The molecule has 0 aliphatic heterocycles. The molecule has 0 atom stereocenters. The average Bonchev–Trinajstić information content (AvgIpc) is 2.14. The zero-order chi connectivity index (χ0) is 13.2. The topological polar surface area (TPSA) is 60.4 Å². The lowest BCUT2D eigenvalue weighted by Gasteiger charge is -2.08. The molecule has 0 saturated heterocycles. The van der Waals surface area contributed by atoms with Crippen LogP contribution in [0.4, 0.5) is 0 Å². The van der Waals surface area contributed by atoms with Gasteiger partial charge in [0.25, 0.3) is 9.05 Å². The van der Waals surface area contributed by atoms with Gasteiger partial charge in [0, 0.05) is 15.2 Å². The number of hydrogen-bond acceptors (Lipinski definition) is 4. The molecule has 17 heavy (non-hydrogen) atoms. The minimum atomic E-state index is -4.13. The van der Waals surface area contributed by atoms with E-state index in [0.717, 1.165) is 0 Å². The van der Waals surface area contributed by atoms with Crippen molar-refractivity contribution in [3.63, 3.8) is 0 Å². The van der Waals surface area contributed by atoms with E-state index in [4.69, 9.17) is 27.0 Å². The van der Waals surface area contributed by atoms with Crippen LogP contribution in [-0.4, -0.2) is 21.0 Å². The van der Waals surface area contributed by atoms with Crippen molar-refractivity contribution < 1.29 is 17.9 Å². The van der Waals surface area contributed by atoms with Gasteiger partial charge in [-0.15, -0.1) is 0 Å². The lowest BCUT2D eigenvalue weighted by Crippen LogP contribution is -2.10. The first-order valence-electron chi connectivity index (χ1n) is 4.38. The van der Waals surface area contributed by atoms with E-state index in [0.29, 0.717) is 4.47 Å². The van der Waals surface area contributed by atoms with Crippen LogP contribution in [0, 0.1) is 0 Å². The maximum atomic E-state index is 11.6. The summed E-state index contributed by atoms with van der Waals surface area (Å²) in [4.78, 5) is 11.1. The minimum Gasteiger partial charge on any atom is -0.462 e. The molecule has 0 aromatic heterocycles. The third-order valence-corrected chi connectivity index (χ3v) is 4.01. The van der Waals surface area contributed by atoms with E-state index in [-0.39, 0.29) is 17.2 Å². The summed E-state index contributed by atoms with van der Waals surface area (Å²) in [6.45, 7) is 1.72. The molecule has 1 rings (SSSR count). The Morgan fingerprint density at radius 3 is 2.53 bits per heavy atom. The number of benzene rings is 1. The molecule has 0 heterocycles. The fourth-order valence-electron chi connectivity index (χ4n) is 1.17. The number of carbonyl (C=O) groups excluding carboxylic acids is 1. The Hall–Kier alpha value is -0.300. The second-order valence-corrected chi connectivity index (χ2v) is 6.75. The van der Waals surface area contributed by atoms with E-state index in [2.05, 4.69) is 15.9 Å². The highest BCUT2D eigenvalue weighted by atomic mass is 79.9. The predicted octanol–water partition coefficient (Wildman–Crippen LogP) is 3.21. The molecule has 0 saturated carbocycles. The first-order valence-corrected chi connectivity index (χ1v) is 7.86. The molecule has 0 amide bonds. The van der Waals surface area contributed by atoms with Crippen molar-refractivity contribution in [1.29, 1.82) is 0 Å². The zero-order valence-corrected chi connectivity index (χ0v) is 12.5. The SMILES string of the molecule is CCOC(=O)c1cc(Br)cc(Cl)c1S(=O)(=O)Cl. The number of hydrogen-bond donors (Lipinski definition) is 0. The Labute approximate surface area is 116 Å². The van der Waals surface area contributed by atoms with Gasteiger partial charge in [-0.1, -0.05) is 27.5 Å². The lowest BCUT2D eigenvalue weighted by molar-refractivity contribution is 0.0522. The van der Waals surface area contributed by atoms with E-state index >= 15 is 0 Å². The molecule has 0 unspecified atom stereocenters. The molecular weight excluding hydrogens is 355 g/mol. The van der Waals surface area contributed by atoms with Crippen molar-refractivity contribution >= 4 is 53.2 Å². The highest BCUT2D eigenvalue weighted by Gasteiger charge is 2.25. The molecule has 1 aromatic carbocycles. The molecule has 8 heteroatoms. The Bertz CT molecular complexity index is 556. The van der Waals surface area contributed by atoms with E-state index in [1.165, 1.54) is 12.1 Å². The highest BCUT2D eigenvalue weighted by Crippen LogP contribution is 2.32. The standard InChI is InChI=1S/C9H7BrCl2O4S/c1-2-16-9(13)6-3-5(10)4-7(11)8(6)17(12,14)15/h3-4H,2H2,1H3. The van der Waals surface area contributed by atoms with Gasteiger partial charge in [-0.05, 0) is 19.1 Å². The van der Waals surface area contributed by atoms with Crippen LogP contribution in [0.25, 0.3) is 0 Å². The second-order valence-electron chi connectivity index (χ2n) is 2.92. The molecule has 0 aliphatic carbocycles. The monoisotopic (exact) mass is 360 g/mol. The van der Waals surface area contributed by atoms with Crippen LogP contribution < -0.4 is 0 Å². The quantitative estimate of drug-likeness (QED) is 0.612. The van der Waals surface area contributed by atoms with Crippen LogP contribution in [0.15, 0.2) is 21.5 Å². The molecule has 0 aliphatic rings. The Balaban J connectivity index is 3.52. The molecule has 0 fully saturated rings. The summed E-state index contributed by atoms with van der Waals surface area (Å²) < 4.78 is 27.9. The van der Waals surface area contributed by atoms with Gasteiger partial charge in [-0.25, -0.2) is 13.2 Å². The summed E-state index contributed by atoms with van der Waals surface area (Å²) in [6.07, 6.45) is 0. The molecule has 0 N–H and O–H groups in total. The van der Waals surface area contributed by atoms with Gasteiger partial charge in [0.2, 0.25) is 0 Å². The van der Waals surface area contributed by atoms with Crippen LogP contribution >= 0.6 is 38.2 Å². The third-order valence-electron chi connectivity index (χ3n) is 1.75. The van der Waals surface area contributed by atoms with Crippen molar-refractivity contribution in [2.24, 2.45) is 0 Å². The smallest absolute Gasteiger partial charge is 0.339 e. The summed E-state index contributed by atoms with van der Waals surface area (Å²) in [5, 5.41) is -0.141. The fraction of sp³-hybridized carbons (Fsp3) is 0.222. The summed E-state index contributed by atoms with van der Waals surface area (Å²) in [5.41, 5.74) is -0.193. The molecule has 0 radical (unpaired) electrons. The summed E-state index contributed by atoms with van der Waals surface area (Å²) in [6, 6.07) is 2.62. The first-order chi connectivity index (χ1) is 7.77. The molecular formula is C9H7BrCl2O4S. The maximum Gasteiger partial charge on any atom is 0.339 e. The molecule has 0 spiro atoms. The Morgan fingerprint density at radius 1 is 1.47 bits per heavy atom. The number of carbonyl (C=O) groups is 1. The van der Waals surface area contributed by atoms with Gasteiger partial charge in [-0.2, -0.15) is 0 Å². The second kappa shape index (κ2) is 5.56. The van der Waals surface area contributed by atoms with Crippen LogP contribution in [0.1, 0.15) is 17.3 Å². The summed E-state index contributed by atoms with van der Waals surface area (Å²) in [7, 11) is 1.10. The van der Waals surface area contributed by atoms with Crippen LogP contribution in [0.3, 0.4) is 0 Å². The molecule has 94 valence electrons. The number of ether oxygens (including phenoxy) is 1. The van der Waals surface area contributed by atoms with Gasteiger partial charge in [0.15, 0.2) is 0 Å². The van der Waals surface area contributed by atoms with Gasteiger partial charge >= 0.3 is 5.97 Å². The predicted molar refractivity (Wildman–Crippen MR) is 68.1 cm³/mol. The summed E-state index contributed by atoms with van der Waals surface area (Å²) >= 11 is 8.87. The van der Waals surface area contributed by atoms with Gasteiger partial charge < -0.3 is 4.74 Å². The van der Waals surface area contributed by atoms with Crippen molar-refractivity contribution in [1.82, 2.24) is 0 Å². The Kier molecular flexibility index (Phi) is 4.83. The largest absolute Gasteiger partial charge is 0.462 e. The summed E-state index contributed by atoms with van der Waals surface area (Å²) in [5.74, 6) is -0.796. The minimum absolute atomic E-state index is 0.116. The van der Waals surface area contributed by atoms with Gasteiger partial charge in [0.05, 0.1) is 17.2 Å². The molecule has 0 bridgehead atoms. The van der Waals surface area contributed by atoms with Crippen LogP contribution in [0.5, 0.6) is 0 Å². The number of halogens is 3. The normalized spacial score (nSPS) is 11.3. The van der Waals surface area contributed by atoms with Gasteiger partial charge in [-0.3, -0.25) is 0 Å². The highest BCUT2D eigenvalue weighted by molar-refractivity contribution is 9.10. The van der Waals surface area contributed by atoms with Crippen LogP contribution in [0.2, 0.25) is 5.02 Å². The van der Waals surface area contributed by atoms with Crippen molar-refractivity contribution in [2.45, 2.75) is 11.8 Å². The zero-order valence-electron chi connectivity index (χ0n) is 8.54. The van der Waals surface area contributed by atoms with Crippen molar-refractivity contribution in [3.05, 3.63) is 27.2 Å². The first kappa shape index (κ1) is 14.8. The fourth-order valence-corrected chi connectivity index (χ4v) is 3.60. The number of esters is 1. The third kappa shape index (κ3) is 3.58. The van der Waals surface area contributed by atoms with E-state index in [1.54, 1.807) is 6.92 Å². The van der Waals surface area contributed by atoms with E-state index < -0.39 is 19.9 Å². The average molecular weight is 362 g/mol. The van der Waals surface area contributed by atoms with Crippen LogP contribution in [-0.2, 0) is 13.8 Å². The Morgan fingerprint density at radius 2 is 2.06 bits per heavy atom. The van der Waals surface area contributed by atoms with Crippen molar-refractivity contribution in [2.75, 3.05) is 6.61 Å². The van der Waals surface area contributed by atoms with Crippen molar-refractivity contribution in [3.8, 4) is 0 Å². The van der Waals surface area contributed by atoms with E-state index in [1.807, 2.05) is 0 Å². The maximum absolute atomic E-state index is 11.6. The van der Waals surface area contributed by atoms with Gasteiger partial charge in [0.1, 0.15) is 4.90 Å². The lowest BCUT2D eigenvalue weighted by atomic mass is 10.2. The molecule has 1 aromatic rings. The van der Waals surface area contributed by atoms with E-state index in [9.17, 15) is 13.2 Å². The number of rotatable bonds is 3.